The normalized spacial score (nSPS) is 17.2. The molecule has 2 aromatic heterocycles. The zero-order chi connectivity index (χ0) is 16.0. The van der Waals surface area contributed by atoms with Crippen molar-refractivity contribution in [2.45, 2.75) is 32.7 Å². The van der Waals surface area contributed by atoms with E-state index in [4.69, 9.17) is 0 Å². The lowest BCUT2D eigenvalue weighted by molar-refractivity contribution is 0.0462. The number of hydrogen-bond donors (Lipinski definition) is 0. The summed E-state index contributed by atoms with van der Waals surface area (Å²) in [5, 5.41) is 4.50. The second-order valence-corrected chi connectivity index (χ2v) is 7.19. The average molecular weight is 330 g/mol. The summed E-state index contributed by atoms with van der Waals surface area (Å²) in [4.78, 5) is 31.1. The molecule has 2 aliphatic rings. The number of rotatable bonds is 3. The molecule has 0 aromatic carbocycles. The second-order valence-electron chi connectivity index (χ2n) is 6.33. The van der Waals surface area contributed by atoms with E-state index in [0.29, 0.717) is 25.6 Å². The summed E-state index contributed by atoms with van der Waals surface area (Å²) in [6, 6.07) is 1.73. The molecule has 0 N–H and O–H groups in total. The average Bonchev–Trinajstić information content (AvgIpc) is 3.10. The van der Waals surface area contributed by atoms with Crippen LogP contribution in [0, 0.1) is 12.8 Å². The van der Waals surface area contributed by atoms with Gasteiger partial charge in [0, 0.05) is 25.1 Å². The van der Waals surface area contributed by atoms with Crippen molar-refractivity contribution < 1.29 is 4.79 Å². The van der Waals surface area contributed by atoms with Crippen LogP contribution in [0.2, 0.25) is 0 Å². The molecule has 120 valence electrons. The zero-order valence-corrected chi connectivity index (χ0v) is 13.8. The molecule has 1 fully saturated rings. The van der Waals surface area contributed by atoms with Crippen LogP contribution in [-0.4, -0.2) is 38.7 Å². The molecule has 0 saturated carbocycles. The summed E-state index contributed by atoms with van der Waals surface area (Å²) in [5.74, 6) is 0.354. The van der Waals surface area contributed by atoms with Crippen LogP contribution >= 0.6 is 11.3 Å². The lowest BCUT2D eigenvalue weighted by atomic mass is 10.00. The van der Waals surface area contributed by atoms with Gasteiger partial charge in [-0.15, -0.1) is 11.3 Å². The van der Waals surface area contributed by atoms with Crippen molar-refractivity contribution in [1.29, 1.82) is 0 Å². The van der Waals surface area contributed by atoms with E-state index in [2.05, 4.69) is 10.1 Å². The van der Waals surface area contributed by atoms with Gasteiger partial charge >= 0.3 is 0 Å². The Morgan fingerprint density at radius 2 is 2.22 bits per heavy atom. The maximum atomic E-state index is 12.3. The first-order valence-electron chi connectivity index (χ1n) is 7.91. The molecule has 1 amide bonds. The Labute approximate surface area is 137 Å². The minimum Gasteiger partial charge on any atom is -0.337 e. The first kappa shape index (κ1) is 14.6. The van der Waals surface area contributed by atoms with Gasteiger partial charge in [-0.3, -0.25) is 9.59 Å². The minimum atomic E-state index is -0.0197. The first-order valence-corrected chi connectivity index (χ1v) is 8.79. The lowest BCUT2D eigenvalue weighted by Crippen LogP contribution is -2.52. The third-order valence-corrected chi connectivity index (χ3v) is 5.56. The number of amides is 1. The van der Waals surface area contributed by atoms with Crippen LogP contribution in [0.4, 0.5) is 0 Å². The van der Waals surface area contributed by atoms with Crippen LogP contribution in [0.25, 0.3) is 0 Å². The molecule has 6 nitrogen and oxygen atoms in total. The van der Waals surface area contributed by atoms with Crippen LogP contribution in [0.1, 0.15) is 33.0 Å². The lowest BCUT2D eigenvalue weighted by Gasteiger charge is -2.39. The second kappa shape index (κ2) is 5.56. The quantitative estimate of drug-likeness (QED) is 0.850. The van der Waals surface area contributed by atoms with Gasteiger partial charge in [-0.05, 0) is 31.7 Å². The Balaban J connectivity index is 1.41. The van der Waals surface area contributed by atoms with Gasteiger partial charge in [-0.1, -0.05) is 0 Å². The maximum absolute atomic E-state index is 12.3. The smallest absolute Gasteiger partial charge is 0.267 e. The SMILES string of the molecule is Cc1ncsc1C(=O)N1CC(Cn2nc3c(cc2=O)CCC3)C1. The number of carbonyl (C=O) groups is 1. The van der Waals surface area contributed by atoms with Gasteiger partial charge in [0.05, 0.1) is 23.4 Å². The summed E-state index contributed by atoms with van der Waals surface area (Å²) < 4.78 is 1.58. The molecule has 2 aromatic rings. The number of aromatic nitrogens is 3. The van der Waals surface area contributed by atoms with Crippen molar-refractivity contribution in [3.05, 3.63) is 43.8 Å². The molecule has 0 unspecified atom stereocenters. The molecule has 23 heavy (non-hydrogen) atoms. The van der Waals surface area contributed by atoms with E-state index >= 15 is 0 Å². The van der Waals surface area contributed by atoms with E-state index in [1.54, 1.807) is 16.3 Å². The standard InChI is InChI=1S/C16H18N4O2S/c1-10-15(23-9-17-10)16(22)19-6-11(7-19)8-20-14(21)5-12-3-2-4-13(12)18-20/h5,9,11H,2-4,6-8H2,1H3. The fraction of sp³-hybridized carbons (Fsp3) is 0.500. The maximum Gasteiger partial charge on any atom is 0.267 e. The molecule has 0 radical (unpaired) electrons. The van der Waals surface area contributed by atoms with E-state index in [0.717, 1.165) is 41.1 Å². The van der Waals surface area contributed by atoms with Gasteiger partial charge in [-0.25, -0.2) is 9.67 Å². The van der Waals surface area contributed by atoms with E-state index in [1.807, 2.05) is 11.8 Å². The van der Waals surface area contributed by atoms with Gasteiger partial charge in [0.1, 0.15) is 4.88 Å². The van der Waals surface area contributed by atoms with Crippen LogP contribution in [0.3, 0.4) is 0 Å². The van der Waals surface area contributed by atoms with Crippen LogP contribution < -0.4 is 5.56 Å². The van der Waals surface area contributed by atoms with E-state index in [1.165, 1.54) is 11.3 Å². The predicted octanol–water partition coefficient (Wildman–Crippen LogP) is 1.27. The fourth-order valence-electron chi connectivity index (χ4n) is 3.32. The molecule has 1 aliphatic carbocycles. The van der Waals surface area contributed by atoms with E-state index in [-0.39, 0.29) is 11.5 Å². The van der Waals surface area contributed by atoms with Gasteiger partial charge in [-0.2, -0.15) is 5.10 Å². The highest BCUT2D eigenvalue weighted by atomic mass is 32.1. The molecular formula is C16H18N4O2S. The fourth-order valence-corrected chi connectivity index (χ4v) is 4.09. The Morgan fingerprint density at radius 3 is 2.96 bits per heavy atom. The number of likely N-dealkylation sites (tertiary alicyclic amines) is 1. The van der Waals surface area contributed by atoms with E-state index in [9.17, 15) is 9.59 Å². The Morgan fingerprint density at radius 1 is 1.39 bits per heavy atom. The highest BCUT2D eigenvalue weighted by molar-refractivity contribution is 7.11. The van der Waals surface area contributed by atoms with Gasteiger partial charge in [0.2, 0.25) is 0 Å². The molecule has 3 heterocycles. The summed E-state index contributed by atoms with van der Waals surface area (Å²) in [7, 11) is 0. The van der Waals surface area contributed by atoms with E-state index < -0.39 is 0 Å². The topological polar surface area (TPSA) is 68.1 Å². The molecule has 4 rings (SSSR count). The van der Waals surface area contributed by atoms with Crippen molar-refractivity contribution >= 4 is 17.2 Å². The molecule has 1 aliphatic heterocycles. The van der Waals surface area contributed by atoms with Gasteiger partial charge in [0.15, 0.2) is 0 Å². The van der Waals surface area contributed by atoms with Crippen molar-refractivity contribution in [3.8, 4) is 0 Å². The summed E-state index contributed by atoms with van der Waals surface area (Å²) in [5.41, 5.74) is 4.65. The van der Waals surface area contributed by atoms with Crippen molar-refractivity contribution in [1.82, 2.24) is 19.7 Å². The number of thiazole rings is 1. The Bertz CT molecular complexity index is 820. The minimum absolute atomic E-state index is 0.0197. The van der Waals surface area contributed by atoms with Crippen LogP contribution in [0.15, 0.2) is 16.4 Å². The summed E-state index contributed by atoms with van der Waals surface area (Å²) >= 11 is 1.39. The van der Waals surface area contributed by atoms with Gasteiger partial charge in [0.25, 0.3) is 11.5 Å². The van der Waals surface area contributed by atoms with Gasteiger partial charge < -0.3 is 4.90 Å². The number of nitrogens with zero attached hydrogens (tertiary/aromatic N) is 4. The largest absolute Gasteiger partial charge is 0.337 e. The molecule has 0 spiro atoms. The third kappa shape index (κ3) is 2.59. The summed E-state index contributed by atoms with van der Waals surface area (Å²) in [6.45, 7) is 3.81. The zero-order valence-electron chi connectivity index (χ0n) is 13.0. The highest BCUT2D eigenvalue weighted by Crippen LogP contribution is 2.23. The molecule has 7 heteroatoms. The number of carbonyl (C=O) groups excluding carboxylic acids is 1. The highest BCUT2D eigenvalue weighted by Gasteiger charge is 2.33. The first-order chi connectivity index (χ1) is 11.1. The van der Waals surface area contributed by atoms with Crippen LogP contribution in [-0.2, 0) is 19.4 Å². The third-order valence-electron chi connectivity index (χ3n) is 4.64. The van der Waals surface area contributed by atoms with Crippen molar-refractivity contribution in [2.24, 2.45) is 5.92 Å². The monoisotopic (exact) mass is 330 g/mol. The van der Waals surface area contributed by atoms with Crippen molar-refractivity contribution in [2.75, 3.05) is 13.1 Å². The van der Waals surface area contributed by atoms with Crippen molar-refractivity contribution in [3.63, 3.8) is 0 Å². The number of fused-ring (bicyclic) bond motifs is 1. The number of aryl methyl sites for hydroxylation is 3. The van der Waals surface area contributed by atoms with Crippen LogP contribution in [0.5, 0.6) is 0 Å². The molecule has 0 bridgehead atoms. The summed E-state index contributed by atoms with van der Waals surface area (Å²) in [6.07, 6.45) is 3.03. The predicted molar refractivity (Wildman–Crippen MR) is 86.8 cm³/mol. The Hall–Kier alpha value is -2.02. The number of hydrogen-bond acceptors (Lipinski definition) is 5. The molecule has 0 atom stereocenters. The molecular weight excluding hydrogens is 312 g/mol. The Kier molecular flexibility index (Phi) is 3.52. The molecule has 1 saturated heterocycles.